The molecule has 2 aromatic carbocycles. The summed E-state index contributed by atoms with van der Waals surface area (Å²) < 4.78 is 48.3. The number of hydrogen-bond acceptors (Lipinski definition) is 7. The SMILES string of the molecule is CS(=O)(=O)c1ccc(-c2cnc(N)c(CS(=O)(=O)c3ccccc3)n2)cc1. The van der Waals surface area contributed by atoms with Gasteiger partial charge in [0.1, 0.15) is 11.6 Å². The van der Waals surface area contributed by atoms with Crippen molar-refractivity contribution in [2.75, 3.05) is 12.0 Å². The molecule has 3 rings (SSSR count). The van der Waals surface area contributed by atoms with Gasteiger partial charge in [0, 0.05) is 11.8 Å². The third-order valence-corrected chi connectivity index (χ3v) is 6.66. The number of rotatable bonds is 5. The molecule has 0 unspecified atom stereocenters. The van der Waals surface area contributed by atoms with Crippen molar-refractivity contribution in [1.82, 2.24) is 9.97 Å². The second kappa shape index (κ2) is 7.09. The van der Waals surface area contributed by atoms with E-state index in [1.54, 1.807) is 30.3 Å². The van der Waals surface area contributed by atoms with Crippen LogP contribution in [0.1, 0.15) is 5.69 Å². The Hall–Kier alpha value is -2.78. The maximum atomic E-state index is 12.6. The van der Waals surface area contributed by atoms with Crippen LogP contribution in [0.5, 0.6) is 0 Å². The van der Waals surface area contributed by atoms with Crippen LogP contribution in [0.3, 0.4) is 0 Å². The predicted molar refractivity (Wildman–Crippen MR) is 102 cm³/mol. The molecule has 0 fully saturated rings. The van der Waals surface area contributed by atoms with E-state index >= 15 is 0 Å². The number of nitrogens with zero attached hydrogens (tertiary/aromatic N) is 2. The molecule has 0 aliphatic heterocycles. The highest BCUT2D eigenvalue weighted by molar-refractivity contribution is 7.91. The topological polar surface area (TPSA) is 120 Å². The Balaban J connectivity index is 1.95. The maximum Gasteiger partial charge on any atom is 0.184 e. The molecule has 0 aliphatic carbocycles. The minimum Gasteiger partial charge on any atom is -0.382 e. The Bertz CT molecular complexity index is 1180. The highest BCUT2D eigenvalue weighted by atomic mass is 32.2. The first-order valence-electron chi connectivity index (χ1n) is 7.86. The van der Waals surface area contributed by atoms with Crippen LogP contribution < -0.4 is 5.73 Å². The Labute approximate surface area is 157 Å². The molecular weight excluding hydrogens is 386 g/mol. The molecule has 0 saturated heterocycles. The fourth-order valence-electron chi connectivity index (χ4n) is 2.45. The molecule has 0 spiro atoms. The van der Waals surface area contributed by atoms with E-state index in [9.17, 15) is 16.8 Å². The third-order valence-electron chi connectivity index (χ3n) is 3.88. The molecule has 1 heterocycles. The van der Waals surface area contributed by atoms with Crippen LogP contribution in [0.4, 0.5) is 5.82 Å². The Kier molecular flexibility index (Phi) is 4.99. The largest absolute Gasteiger partial charge is 0.382 e. The quantitative estimate of drug-likeness (QED) is 0.692. The average molecular weight is 403 g/mol. The summed E-state index contributed by atoms with van der Waals surface area (Å²) in [5.41, 5.74) is 6.97. The maximum absolute atomic E-state index is 12.6. The van der Waals surface area contributed by atoms with Crippen LogP contribution in [0.2, 0.25) is 0 Å². The van der Waals surface area contributed by atoms with Crippen molar-refractivity contribution in [2.24, 2.45) is 0 Å². The molecule has 0 radical (unpaired) electrons. The van der Waals surface area contributed by atoms with Gasteiger partial charge < -0.3 is 5.73 Å². The minimum absolute atomic E-state index is 0.0333. The molecule has 27 heavy (non-hydrogen) atoms. The van der Waals surface area contributed by atoms with Crippen molar-refractivity contribution < 1.29 is 16.8 Å². The number of nitrogens with two attached hydrogens (primary N) is 1. The van der Waals surface area contributed by atoms with Gasteiger partial charge in [-0.25, -0.2) is 26.8 Å². The first-order valence-corrected chi connectivity index (χ1v) is 11.4. The highest BCUT2D eigenvalue weighted by Gasteiger charge is 2.19. The van der Waals surface area contributed by atoms with E-state index in [0.717, 1.165) is 6.26 Å². The first-order chi connectivity index (χ1) is 12.7. The molecular formula is C18H17N3O4S2. The zero-order valence-corrected chi connectivity index (χ0v) is 16.0. The number of aromatic nitrogens is 2. The number of benzene rings is 2. The summed E-state index contributed by atoms with van der Waals surface area (Å²) in [5.74, 6) is -0.350. The van der Waals surface area contributed by atoms with Gasteiger partial charge in [0.15, 0.2) is 19.7 Å². The van der Waals surface area contributed by atoms with Crippen LogP contribution in [0.15, 0.2) is 70.6 Å². The van der Waals surface area contributed by atoms with Crippen molar-refractivity contribution >= 4 is 25.5 Å². The lowest BCUT2D eigenvalue weighted by molar-refractivity contribution is 0.594. The van der Waals surface area contributed by atoms with Crippen LogP contribution >= 0.6 is 0 Å². The fourth-order valence-corrected chi connectivity index (χ4v) is 4.39. The Morgan fingerprint density at radius 2 is 1.52 bits per heavy atom. The predicted octanol–water partition coefficient (Wildman–Crippen LogP) is 2.10. The van der Waals surface area contributed by atoms with Crippen molar-refractivity contribution in [3.63, 3.8) is 0 Å². The van der Waals surface area contributed by atoms with Gasteiger partial charge in [0.05, 0.1) is 27.4 Å². The minimum atomic E-state index is -3.62. The lowest BCUT2D eigenvalue weighted by Crippen LogP contribution is -2.10. The molecule has 9 heteroatoms. The number of sulfone groups is 2. The molecule has 2 N–H and O–H groups in total. The van der Waals surface area contributed by atoms with E-state index in [1.165, 1.54) is 30.5 Å². The number of anilines is 1. The van der Waals surface area contributed by atoms with E-state index in [0.29, 0.717) is 11.3 Å². The number of hydrogen-bond donors (Lipinski definition) is 1. The molecule has 140 valence electrons. The van der Waals surface area contributed by atoms with Gasteiger partial charge in [0.25, 0.3) is 0 Å². The van der Waals surface area contributed by atoms with Crippen molar-refractivity contribution in [3.8, 4) is 11.3 Å². The first kappa shape index (κ1) is 19.0. The van der Waals surface area contributed by atoms with Crippen LogP contribution in [0, 0.1) is 0 Å². The Morgan fingerprint density at radius 1 is 0.889 bits per heavy atom. The third kappa shape index (κ3) is 4.32. The van der Waals surface area contributed by atoms with Gasteiger partial charge in [-0.15, -0.1) is 0 Å². The molecule has 0 bridgehead atoms. The van der Waals surface area contributed by atoms with Gasteiger partial charge in [-0.3, -0.25) is 0 Å². The summed E-state index contributed by atoms with van der Waals surface area (Å²) >= 11 is 0. The highest BCUT2D eigenvalue weighted by Crippen LogP contribution is 2.23. The molecule has 7 nitrogen and oxygen atoms in total. The van der Waals surface area contributed by atoms with Crippen LogP contribution in [-0.4, -0.2) is 33.1 Å². The standard InChI is InChI=1S/C18H17N3O4S2/c1-26(22,23)14-9-7-13(8-10-14)16-11-20-18(19)17(21-16)12-27(24,25)15-5-3-2-4-6-15/h2-11H,12H2,1H3,(H2,19,20). The normalized spacial score (nSPS) is 12.0. The summed E-state index contributed by atoms with van der Waals surface area (Å²) in [5, 5.41) is 0. The molecule has 0 saturated carbocycles. The van der Waals surface area contributed by atoms with E-state index in [1.807, 2.05) is 0 Å². The lowest BCUT2D eigenvalue weighted by atomic mass is 10.1. The van der Waals surface area contributed by atoms with E-state index < -0.39 is 19.7 Å². The zero-order valence-electron chi connectivity index (χ0n) is 14.4. The van der Waals surface area contributed by atoms with Crippen LogP contribution in [-0.2, 0) is 25.4 Å². The average Bonchev–Trinajstić information content (AvgIpc) is 2.63. The summed E-state index contributed by atoms with van der Waals surface area (Å²) in [6, 6.07) is 14.1. The summed E-state index contributed by atoms with van der Waals surface area (Å²) in [6.45, 7) is 0. The van der Waals surface area contributed by atoms with Crippen molar-refractivity contribution in [1.29, 1.82) is 0 Å². The van der Waals surface area contributed by atoms with Gasteiger partial charge >= 0.3 is 0 Å². The summed E-state index contributed by atoms with van der Waals surface area (Å²) in [7, 11) is -6.93. The van der Waals surface area contributed by atoms with Crippen molar-refractivity contribution in [2.45, 2.75) is 15.5 Å². The second-order valence-electron chi connectivity index (χ2n) is 5.96. The summed E-state index contributed by atoms with van der Waals surface area (Å²) in [4.78, 5) is 8.72. The van der Waals surface area contributed by atoms with Crippen molar-refractivity contribution in [3.05, 3.63) is 66.5 Å². The monoisotopic (exact) mass is 403 g/mol. The molecule has 0 atom stereocenters. The molecule has 3 aromatic rings. The molecule has 0 amide bonds. The smallest absolute Gasteiger partial charge is 0.184 e. The Morgan fingerprint density at radius 3 is 2.11 bits per heavy atom. The van der Waals surface area contributed by atoms with Gasteiger partial charge in [-0.1, -0.05) is 30.3 Å². The lowest BCUT2D eigenvalue weighted by Gasteiger charge is -2.09. The fraction of sp³-hybridized carbons (Fsp3) is 0.111. The second-order valence-corrected chi connectivity index (χ2v) is 9.96. The molecule has 0 aliphatic rings. The van der Waals surface area contributed by atoms with Gasteiger partial charge in [-0.2, -0.15) is 0 Å². The zero-order chi connectivity index (χ0) is 19.7. The van der Waals surface area contributed by atoms with Crippen LogP contribution in [0.25, 0.3) is 11.3 Å². The summed E-state index contributed by atoms with van der Waals surface area (Å²) in [6.07, 6.45) is 2.54. The van der Waals surface area contributed by atoms with Gasteiger partial charge in [-0.05, 0) is 24.3 Å². The number of nitrogen functional groups attached to an aromatic ring is 1. The van der Waals surface area contributed by atoms with E-state index in [2.05, 4.69) is 9.97 Å². The van der Waals surface area contributed by atoms with Gasteiger partial charge in [0.2, 0.25) is 0 Å². The van der Waals surface area contributed by atoms with E-state index in [4.69, 9.17) is 5.73 Å². The van der Waals surface area contributed by atoms with E-state index in [-0.39, 0.29) is 27.1 Å². The molecule has 1 aromatic heterocycles.